The lowest BCUT2D eigenvalue weighted by Crippen LogP contribution is -2.43. The Morgan fingerprint density at radius 1 is 1.03 bits per heavy atom. The molecule has 0 aromatic carbocycles. The third-order valence-electron chi connectivity index (χ3n) is 6.09. The van der Waals surface area contributed by atoms with Crippen molar-refractivity contribution in [2.75, 3.05) is 32.8 Å². The Balaban J connectivity index is 0.00000259. The van der Waals surface area contributed by atoms with Crippen molar-refractivity contribution in [3.63, 3.8) is 0 Å². The van der Waals surface area contributed by atoms with Crippen LogP contribution in [0.2, 0.25) is 5.02 Å². The van der Waals surface area contributed by atoms with Gasteiger partial charge in [-0.25, -0.2) is 0 Å². The second-order valence-electron chi connectivity index (χ2n) is 8.20. The molecule has 0 spiro atoms. The summed E-state index contributed by atoms with van der Waals surface area (Å²) in [6, 6.07) is 7.54. The van der Waals surface area contributed by atoms with Crippen LogP contribution in [-0.4, -0.2) is 58.3 Å². The van der Waals surface area contributed by atoms with Gasteiger partial charge in [0.05, 0.1) is 27.9 Å². The van der Waals surface area contributed by atoms with Crippen molar-refractivity contribution in [1.29, 1.82) is 0 Å². The fraction of sp³-hybridized carbons (Fsp3) is 0.435. The molecule has 0 aliphatic carbocycles. The number of piperidine rings is 1. The highest BCUT2D eigenvalue weighted by Crippen LogP contribution is 2.29. The lowest BCUT2D eigenvalue weighted by atomic mass is 10.0. The van der Waals surface area contributed by atoms with Crippen LogP contribution in [0.4, 0.5) is 0 Å². The molecule has 0 amide bonds. The van der Waals surface area contributed by atoms with Gasteiger partial charge in [0.1, 0.15) is 13.2 Å². The zero-order chi connectivity index (χ0) is 21.9. The van der Waals surface area contributed by atoms with Gasteiger partial charge < -0.3 is 24.3 Å². The largest absolute Gasteiger partial charge is 0.486 e. The second kappa shape index (κ2) is 10.7. The first-order valence-electron chi connectivity index (χ1n) is 11.0. The molecule has 2 aliphatic heterocycles. The lowest BCUT2D eigenvalue weighted by molar-refractivity contribution is 0.170. The van der Waals surface area contributed by atoms with Gasteiger partial charge >= 0.3 is 0 Å². The second-order valence-corrected chi connectivity index (χ2v) is 8.63. The van der Waals surface area contributed by atoms with Crippen molar-refractivity contribution < 1.29 is 9.47 Å². The summed E-state index contributed by atoms with van der Waals surface area (Å²) >= 11 is 6.10. The Labute approximate surface area is 203 Å². The standard InChI is InChI=1S/C23H26ClN5O3.ClH/c24-16-11-20-19(27-13-16)1-2-23(30)29(20)8-7-28-5-3-17(4-6-28)25-14-18-12-21-22(15-26-18)32-10-9-31-21;/h1-2,11-13,15,17,25H,3-10,14H2;1H. The lowest BCUT2D eigenvalue weighted by Gasteiger charge is -2.32. The Morgan fingerprint density at radius 3 is 2.64 bits per heavy atom. The van der Waals surface area contributed by atoms with Crippen molar-refractivity contribution in [2.24, 2.45) is 0 Å². The molecule has 0 saturated carbocycles. The van der Waals surface area contributed by atoms with E-state index in [2.05, 4.69) is 20.2 Å². The van der Waals surface area contributed by atoms with Gasteiger partial charge in [-0.05, 0) is 38.1 Å². The first-order chi connectivity index (χ1) is 15.7. The van der Waals surface area contributed by atoms with Crippen LogP contribution in [0.5, 0.6) is 11.5 Å². The molecule has 5 heterocycles. The molecule has 0 atom stereocenters. The molecule has 0 unspecified atom stereocenters. The average molecular weight is 492 g/mol. The fourth-order valence-corrected chi connectivity index (χ4v) is 4.46. The van der Waals surface area contributed by atoms with Crippen molar-refractivity contribution in [3.8, 4) is 11.5 Å². The maximum Gasteiger partial charge on any atom is 0.251 e. The third-order valence-corrected chi connectivity index (χ3v) is 6.30. The number of hydrogen-bond acceptors (Lipinski definition) is 7. The molecule has 2 aliphatic rings. The summed E-state index contributed by atoms with van der Waals surface area (Å²) in [6.07, 6.45) is 5.47. The Morgan fingerprint density at radius 2 is 1.82 bits per heavy atom. The predicted octanol–water partition coefficient (Wildman–Crippen LogP) is 2.89. The number of likely N-dealkylation sites (tertiary alicyclic amines) is 1. The van der Waals surface area contributed by atoms with E-state index in [0.29, 0.717) is 37.4 Å². The minimum absolute atomic E-state index is 0. The zero-order valence-electron chi connectivity index (χ0n) is 18.2. The first-order valence-corrected chi connectivity index (χ1v) is 11.4. The van der Waals surface area contributed by atoms with Crippen LogP contribution in [0.15, 0.2) is 41.5 Å². The fourth-order valence-electron chi connectivity index (χ4n) is 4.31. The number of nitrogens with zero attached hydrogens (tertiary/aromatic N) is 4. The van der Waals surface area contributed by atoms with Gasteiger partial charge in [-0.3, -0.25) is 14.8 Å². The monoisotopic (exact) mass is 491 g/mol. The number of hydrogen-bond donors (Lipinski definition) is 1. The summed E-state index contributed by atoms with van der Waals surface area (Å²) in [5, 5.41) is 4.15. The van der Waals surface area contributed by atoms with E-state index in [1.807, 2.05) is 12.1 Å². The van der Waals surface area contributed by atoms with Crippen LogP contribution in [0.3, 0.4) is 0 Å². The van der Waals surface area contributed by atoms with Crippen molar-refractivity contribution in [3.05, 3.63) is 57.7 Å². The highest BCUT2D eigenvalue weighted by atomic mass is 35.5. The van der Waals surface area contributed by atoms with Crippen LogP contribution < -0.4 is 20.3 Å². The summed E-state index contributed by atoms with van der Waals surface area (Å²) in [4.78, 5) is 23.6. The molecule has 33 heavy (non-hydrogen) atoms. The van der Waals surface area contributed by atoms with Gasteiger partial charge in [-0.2, -0.15) is 0 Å². The van der Waals surface area contributed by atoms with Crippen LogP contribution >= 0.6 is 24.0 Å². The minimum Gasteiger partial charge on any atom is -0.486 e. The summed E-state index contributed by atoms with van der Waals surface area (Å²) in [6.45, 7) is 5.29. The molecule has 10 heteroatoms. The summed E-state index contributed by atoms with van der Waals surface area (Å²) in [7, 11) is 0. The summed E-state index contributed by atoms with van der Waals surface area (Å²) in [5.41, 5.74) is 2.50. The van der Waals surface area contributed by atoms with Gasteiger partial charge in [0.25, 0.3) is 5.56 Å². The molecular weight excluding hydrogens is 465 g/mol. The van der Waals surface area contributed by atoms with Gasteiger partial charge in [0.15, 0.2) is 11.5 Å². The van der Waals surface area contributed by atoms with E-state index in [4.69, 9.17) is 21.1 Å². The average Bonchev–Trinajstić information content (AvgIpc) is 2.82. The molecule has 3 aromatic heterocycles. The van der Waals surface area contributed by atoms with Crippen LogP contribution in [0, 0.1) is 0 Å². The highest BCUT2D eigenvalue weighted by Gasteiger charge is 2.20. The Kier molecular flexibility index (Phi) is 7.70. The van der Waals surface area contributed by atoms with Crippen LogP contribution in [-0.2, 0) is 13.1 Å². The van der Waals surface area contributed by atoms with E-state index in [1.165, 1.54) is 0 Å². The van der Waals surface area contributed by atoms with Crippen molar-refractivity contribution in [1.82, 2.24) is 24.8 Å². The number of nitrogens with one attached hydrogen (secondary N) is 1. The Bertz CT molecular complexity index is 1160. The highest BCUT2D eigenvalue weighted by molar-refractivity contribution is 6.31. The topological polar surface area (TPSA) is 81.5 Å². The predicted molar refractivity (Wildman–Crippen MR) is 130 cm³/mol. The smallest absolute Gasteiger partial charge is 0.251 e. The van der Waals surface area contributed by atoms with Gasteiger partial charge in [0, 0.05) is 44.0 Å². The molecule has 1 saturated heterocycles. The first kappa shape index (κ1) is 23.8. The van der Waals surface area contributed by atoms with Gasteiger partial charge in [-0.15, -0.1) is 12.4 Å². The van der Waals surface area contributed by atoms with Crippen LogP contribution in [0.1, 0.15) is 18.5 Å². The summed E-state index contributed by atoms with van der Waals surface area (Å²) < 4.78 is 12.9. The van der Waals surface area contributed by atoms with E-state index in [-0.39, 0.29) is 18.0 Å². The number of aromatic nitrogens is 3. The maximum atomic E-state index is 12.4. The van der Waals surface area contributed by atoms with E-state index < -0.39 is 0 Å². The number of fused-ring (bicyclic) bond motifs is 2. The van der Waals surface area contributed by atoms with Crippen molar-refractivity contribution >= 4 is 35.0 Å². The molecular formula is C23H27Cl2N5O3. The number of ether oxygens (including phenoxy) is 2. The van der Waals surface area contributed by atoms with Gasteiger partial charge in [-0.1, -0.05) is 11.6 Å². The molecule has 1 fully saturated rings. The molecule has 176 valence electrons. The zero-order valence-corrected chi connectivity index (χ0v) is 19.8. The number of halogens is 2. The van der Waals surface area contributed by atoms with Crippen LogP contribution in [0.25, 0.3) is 11.0 Å². The SMILES string of the molecule is Cl.O=c1ccc2ncc(Cl)cc2n1CCN1CCC(NCc2cc3c(cn2)OCCO3)CC1. The number of pyridine rings is 3. The quantitative estimate of drug-likeness (QED) is 0.567. The molecule has 5 rings (SSSR count). The molecule has 0 bridgehead atoms. The molecule has 3 aromatic rings. The normalized spacial score (nSPS) is 16.5. The molecule has 0 radical (unpaired) electrons. The molecule has 1 N–H and O–H groups in total. The van der Waals surface area contributed by atoms with Crippen molar-refractivity contribution in [2.45, 2.75) is 32.0 Å². The van der Waals surface area contributed by atoms with E-state index in [1.54, 1.807) is 29.1 Å². The Hall–Kier alpha value is -2.39. The van der Waals surface area contributed by atoms with E-state index in [9.17, 15) is 4.79 Å². The summed E-state index contributed by atoms with van der Waals surface area (Å²) in [5.74, 6) is 1.50. The minimum atomic E-state index is -0.0231. The third kappa shape index (κ3) is 5.58. The van der Waals surface area contributed by atoms with E-state index >= 15 is 0 Å². The maximum absolute atomic E-state index is 12.4. The molecule has 8 nitrogen and oxygen atoms in total. The number of rotatable bonds is 6. The van der Waals surface area contributed by atoms with E-state index in [0.717, 1.165) is 60.7 Å². The van der Waals surface area contributed by atoms with Gasteiger partial charge in [0.2, 0.25) is 0 Å².